The first-order valence-corrected chi connectivity index (χ1v) is 7.65. The van der Waals surface area contributed by atoms with E-state index in [0.717, 1.165) is 54.8 Å². The Bertz CT molecular complexity index is 653. The van der Waals surface area contributed by atoms with Gasteiger partial charge in [-0.1, -0.05) is 30.4 Å². The first-order chi connectivity index (χ1) is 10.3. The quantitative estimate of drug-likeness (QED) is 0.832. The minimum Gasteiger partial charge on any atom is -0.389 e. The molecule has 0 aliphatic carbocycles. The molecule has 2 aromatic rings. The highest BCUT2D eigenvalue weighted by Crippen LogP contribution is 2.26. The first kappa shape index (κ1) is 14.2. The zero-order valence-electron chi connectivity index (χ0n) is 11.8. The number of nitrogens with two attached hydrogens (primary N) is 1. The van der Waals surface area contributed by atoms with Gasteiger partial charge < -0.3 is 15.8 Å². The van der Waals surface area contributed by atoms with Crippen molar-refractivity contribution in [2.24, 2.45) is 11.7 Å². The van der Waals surface area contributed by atoms with Crippen molar-refractivity contribution >= 4 is 33.8 Å². The van der Waals surface area contributed by atoms with E-state index in [0.29, 0.717) is 10.9 Å². The fraction of sp³-hybridized carbons (Fsp3) is 0.375. The van der Waals surface area contributed by atoms with Crippen molar-refractivity contribution in [2.45, 2.75) is 12.8 Å². The zero-order valence-corrected chi connectivity index (χ0v) is 12.7. The van der Waals surface area contributed by atoms with Crippen LogP contribution in [-0.4, -0.2) is 29.7 Å². The molecule has 2 heterocycles. The van der Waals surface area contributed by atoms with Crippen LogP contribution in [0.25, 0.3) is 10.9 Å². The number of benzene rings is 1. The lowest BCUT2D eigenvalue weighted by Gasteiger charge is -2.15. The SMILES string of the molecule is NC(=S)c1cnc2ccccc2c1NCCC1CCOC1. The highest BCUT2D eigenvalue weighted by atomic mass is 32.1. The van der Waals surface area contributed by atoms with Crippen molar-refractivity contribution in [1.82, 2.24) is 4.98 Å². The summed E-state index contributed by atoms with van der Waals surface area (Å²) in [6.07, 6.45) is 4.00. The summed E-state index contributed by atoms with van der Waals surface area (Å²) < 4.78 is 5.41. The first-order valence-electron chi connectivity index (χ1n) is 7.25. The highest BCUT2D eigenvalue weighted by Gasteiger charge is 2.16. The molecule has 0 radical (unpaired) electrons. The lowest BCUT2D eigenvalue weighted by molar-refractivity contribution is 0.185. The smallest absolute Gasteiger partial charge is 0.107 e. The maximum atomic E-state index is 5.83. The average Bonchev–Trinajstić information content (AvgIpc) is 3.00. The van der Waals surface area contributed by atoms with Gasteiger partial charge in [-0.05, 0) is 24.8 Å². The second-order valence-electron chi connectivity index (χ2n) is 5.37. The zero-order chi connectivity index (χ0) is 14.7. The van der Waals surface area contributed by atoms with E-state index in [1.807, 2.05) is 24.3 Å². The lowest BCUT2D eigenvalue weighted by atomic mass is 10.0. The second-order valence-corrected chi connectivity index (χ2v) is 5.81. The number of nitrogens with zero attached hydrogens (tertiary/aromatic N) is 1. The third-order valence-electron chi connectivity index (χ3n) is 3.92. The summed E-state index contributed by atoms with van der Waals surface area (Å²) in [5, 5.41) is 4.56. The molecular weight excluding hydrogens is 282 g/mol. The van der Waals surface area contributed by atoms with Crippen molar-refractivity contribution in [3.8, 4) is 0 Å². The molecular formula is C16H19N3OS. The third kappa shape index (κ3) is 3.14. The Hall–Kier alpha value is -1.72. The van der Waals surface area contributed by atoms with Gasteiger partial charge in [0.1, 0.15) is 4.99 Å². The number of hydrogen-bond acceptors (Lipinski definition) is 4. The number of pyridine rings is 1. The van der Waals surface area contributed by atoms with Gasteiger partial charge in [0.15, 0.2) is 0 Å². The topological polar surface area (TPSA) is 60.2 Å². The van der Waals surface area contributed by atoms with E-state index >= 15 is 0 Å². The molecule has 4 nitrogen and oxygen atoms in total. The van der Waals surface area contributed by atoms with Gasteiger partial charge in [-0.2, -0.15) is 0 Å². The molecule has 1 fully saturated rings. The largest absolute Gasteiger partial charge is 0.389 e. The van der Waals surface area contributed by atoms with Crippen molar-refractivity contribution in [2.75, 3.05) is 25.1 Å². The predicted molar refractivity (Wildman–Crippen MR) is 89.7 cm³/mol. The molecule has 5 heteroatoms. The molecule has 3 N–H and O–H groups in total. The van der Waals surface area contributed by atoms with Gasteiger partial charge in [-0.25, -0.2) is 0 Å². The molecule has 0 amide bonds. The summed E-state index contributed by atoms with van der Waals surface area (Å²) in [4.78, 5) is 4.80. The maximum Gasteiger partial charge on any atom is 0.107 e. The molecule has 1 aliphatic rings. The second kappa shape index (κ2) is 6.37. The molecule has 1 aromatic heterocycles. The Morgan fingerprint density at radius 3 is 3.05 bits per heavy atom. The minimum absolute atomic E-state index is 0.375. The molecule has 1 aromatic carbocycles. The van der Waals surface area contributed by atoms with Gasteiger partial charge in [0.05, 0.1) is 16.8 Å². The van der Waals surface area contributed by atoms with Crippen molar-refractivity contribution in [1.29, 1.82) is 0 Å². The molecule has 1 aliphatic heterocycles. The molecule has 1 unspecified atom stereocenters. The van der Waals surface area contributed by atoms with E-state index in [2.05, 4.69) is 10.3 Å². The van der Waals surface area contributed by atoms with Crippen LogP contribution in [0, 0.1) is 5.92 Å². The number of ether oxygens (including phenoxy) is 1. The fourth-order valence-corrected chi connectivity index (χ4v) is 2.89. The van der Waals surface area contributed by atoms with Crippen LogP contribution in [0.4, 0.5) is 5.69 Å². The average molecular weight is 301 g/mol. The van der Waals surface area contributed by atoms with E-state index in [1.165, 1.54) is 0 Å². The summed E-state index contributed by atoms with van der Waals surface area (Å²) in [5.74, 6) is 0.652. The van der Waals surface area contributed by atoms with Gasteiger partial charge in [-0.3, -0.25) is 4.98 Å². The molecule has 110 valence electrons. The van der Waals surface area contributed by atoms with Crippen molar-refractivity contribution in [3.05, 3.63) is 36.0 Å². The van der Waals surface area contributed by atoms with Crippen LogP contribution >= 0.6 is 12.2 Å². The normalized spacial score (nSPS) is 18.0. The molecule has 0 bridgehead atoms. The number of thiocarbonyl (C=S) groups is 1. The van der Waals surface area contributed by atoms with E-state index < -0.39 is 0 Å². The molecule has 0 saturated carbocycles. The molecule has 21 heavy (non-hydrogen) atoms. The Balaban J connectivity index is 1.83. The van der Waals surface area contributed by atoms with E-state index in [4.69, 9.17) is 22.7 Å². The Kier molecular flexibility index (Phi) is 4.31. The monoisotopic (exact) mass is 301 g/mol. The summed E-state index contributed by atoms with van der Waals surface area (Å²) in [6, 6.07) is 8.03. The van der Waals surface area contributed by atoms with E-state index in [-0.39, 0.29) is 0 Å². The van der Waals surface area contributed by atoms with Gasteiger partial charge >= 0.3 is 0 Å². The number of fused-ring (bicyclic) bond motifs is 1. The number of aromatic nitrogens is 1. The Morgan fingerprint density at radius 2 is 2.29 bits per heavy atom. The van der Waals surface area contributed by atoms with Crippen LogP contribution in [0.3, 0.4) is 0 Å². The molecule has 1 saturated heterocycles. The third-order valence-corrected chi connectivity index (χ3v) is 4.14. The predicted octanol–water partition coefficient (Wildman–Crippen LogP) is 2.71. The number of rotatable bonds is 5. The summed E-state index contributed by atoms with van der Waals surface area (Å²) in [6.45, 7) is 2.65. The molecule has 3 rings (SSSR count). The fourth-order valence-electron chi connectivity index (χ4n) is 2.73. The Morgan fingerprint density at radius 1 is 1.43 bits per heavy atom. The van der Waals surface area contributed by atoms with Crippen LogP contribution < -0.4 is 11.1 Å². The van der Waals surface area contributed by atoms with E-state index in [9.17, 15) is 0 Å². The standard InChI is InChI=1S/C16H19N3OS/c17-16(21)13-9-19-14-4-2-1-3-12(14)15(13)18-7-5-11-6-8-20-10-11/h1-4,9,11H,5-8,10H2,(H2,17,21)(H,18,19). The number of anilines is 1. The van der Waals surface area contributed by atoms with Crippen molar-refractivity contribution in [3.63, 3.8) is 0 Å². The molecule has 1 atom stereocenters. The van der Waals surface area contributed by atoms with Crippen LogP contribution in [0.15, 0.2) is 30.5 Å². The minimum atomic E-state index is 0.375. The maximum absolute atomic E-state index is 5.83. The van der Waals surface area contributed by atoms with Crippen LogP contribution in [0.5, 0.6) is 0 Å². The summed E-state index contributed by atoms with van der Waals surface area (Å²) in [7, 11) is 0. The van der Waals surface area contributed by atoms with Crippen LogP contribution in [0.2, 0.25) is 0 Å². The van der Waals surface area contributed by atoms with Crippen LogP contribution in [0.1, 0.15) is 18.4 Å². The number of hydrogen-bond donors (Lipinski definition) is 2. The Labute approximate surface area is 129 Å². The number of para-hydroxylation sites is 1. The highest BCUT2D eigenvalue weighted by molar-refractivity contribution is 7.80. The van der Waals surface area contributed by atoms with Gasteiger partial charge in [0.25, 0.3) is 0 Å². The van der Waals surface area contributed by atoms with Gasteiger partial charge in [-0.15, -0.1) is 0 Å². The van der Waals surface area contributed by atoms with Crippen LogP contribution in [-0.2, 0) is 4.74 Å². The van der Waals surface area contributed by atoms with E-state index in [1.54, 1.807) is 6.20 Å². The number of nitrogens with one attached hydrogen (secondary N) is 1. The van der Waals surface area contributed by atoms with Crippen molar-refractivity contribution < 1.29 is 4.74 Å². The van der Waals surface area contributed by atoms with Gasteiger partial charge in [0.2, 0.25) is 0 Å². The lowest BCUT2D eigenvalue weighted by Crippen LogP contribution is -2.16. The summed E-state index contributed by atoms with van der Waals surface area (Å²) in [5.41, 5.74) is 8.58. The molecule has 0 spiro atoms. The summed E-state index contributed by atoms with van der Waals surface area (Å²) >= 11 is 5.15. The van der Waals surface area contributed by atoms with Gasteiger partial charge in [0, 0.05) is 31.3 Å².